The summed E-state index contributed by atoms with van der Waals surface area (Å²) in [5, 5.41) is 0.112. The lowest BCUT2D eigenvalue weighted by Crippen LogP contribution is -2.41. The Balaban J connectivity index is 1.81. The second kappa shape index (κ2) is 7.54. The second-order valence-corrected chi connectivity index (χ2v) is 9.04. The van der Waals surface area contributed by atoms with E-state index in [1.807, 2.05) is 0 Å². The minimum Gasteiger partial charge on any atom is -0.369 e. The van der Waals surface area contributed by atoms with E-state index in [1.165, 1.54) is 22.5 Å². The zero-order valence-corrected chi connectivity index (χ0v) is 15.9. The molecule has 7 nitrogen and oxygen atoms in total. The van der Waals surface area contributed by atoms with Crippen molar-refractivity contribution in [3.8, 4) is 0 Å². The van der Waals surface area contributed by atoms with Gasteiger partial charge in [0.1, 0.15) is 4.90 Å². The minimum absolute atomic E-state index is 0.0288. The number of amides is 2. The van der Waals surface area contributed by atoms with E-state index in [2.05, 4.69) is 0 Å². The summed E-state index contributed by atoms with van der Waals surface area (Å²) in [5.41, 5.74) is 5.60. The normalized spacial score (nSPS) is 19.7. The highest BCUT2D eigenvalue weighted by Gasteiger charge is 2.31. The quantitative estimate of drug-likeness (QED) is 0.828. The van der Waals surface area contributed by atoms with Crippen LogP contribution in [0.25, 0.3) is 0 Å². The molecule has 1 aromatic rings. The van der Waals surface area contributed by atoms with Gasteiger partial charge in [-0.1, -0.05) is 11.6 Å². The fraction of sp³-hybridized carbons (Fsp3) is 0.529. The van der Waals surface area contributed by atoms with Gasteiger partial charge in [-0.3, -0.25) is 9.59 Å². The van der Waals surface area contributed by atoms with Crippen LogP contribution in [-0.4, -0.2) is 55.6 Å². The number of sulfonamides is 1. The molecular formula is C17H22ClN3O4S. The molecule has 142 valence electrons. The van der Waals surface area contributed by atoms with Gasteiger partial charge in [0.2, 0.25) is 15.9 Å². The Labute approximate surface area is 158 Å². The summed E-state index contributed by atoms with van der Waals surface area (Å²) < 4.78 is 27.0. The molecule has 9 heteroatoms. The molecule has 3 rings (SSSR count). The third-order valence-electron chi connectivity index (χ3n) is 5.05. The summed E-state index contributed by atoms with van der Waals surface area (Å²) in [5.74, 6) is -0.819. The van der Waals surface area contributed by atoms with Gasteiger partial charge < -0.3 is 10.6 Å². The topological polar surface area (TPSA) is 101 Å². The second-order valence-electron chi connectivity index (χ2n) is 6.73. The number of piperidine rings is 1. The first-order chi connectivity index (χ1) is 12.3. The monoisotopic (exact) mass is 399 g/mol. The molecule has 1 aromatic carbocycles. The van der Waals surface area contributed by atoms with Crippen LogP contribution in [0.5, 0.6) is 0 Å². The van der Waals surface area contributed by atoms with Gasteiger partial charge in [-0.25, -0.2) is 8.42 Å². The van der Waals surface area contributed by atoms with Crippen LogP contribution in [0.2, 0.25) is 5.02 Å². The number of carbonyl (C=O) groups is 2. The molecule has 0 aliphatic carbocycles. The highest BCUT2D eigenvalue weighted by Crippen LogP contribution is 2.29. The number of hydrogen-bond donors (Lipinski definition) is 1. The Bertz CT molecular complexity index is 813. The zero-order chi connectivity index (χ0) is 18.9. The van der Waals surface area contributed by atoms with Crippen LogP contribution in [0.3, 0.4) is 0 Å². The highest BCUT2D eigenvalue weighted by atomic mass is 35.5. The predicted octanol–water partition coefficient (Wildman–Crippen LogP) is 1.46. The van der Waals surface area contributed by atoms with Crippen LogP contribution in [0, 0.1) is 5.92 Å². The Kier molecular flexibility index (Phi) is 5.55. The van der Waals surface area contributed by atoms with Gasteiger partial charge in [-0.2, -0.15) is 4.31 Å². The van der Waals surface area contributed by atoms with Crippen LogP contribution < -0.4 is 5.73 Å². The number of halogens is 1. The summed E-state index contributed by atoms with van der Waals surface area (Å²) in [7, 11) is -3.71. The van der Waals surface area contributed by atoms with Crippen LogP contribution in [-0.2, 0) is 14.8 Å². The van der Waals surface area contributed by atoms with Crippen molar-refractivity contribution < 1.29 is 18.0 Å². The Morgan fingerprint density at radius 2 is 1.69 bits per heavy atom. The number of carbonyl (C=O) groups excluding carboxylic acids is 2. The Hall–Kier alpha value is -1.64. The molecule has 2 aliphatic rings. The van der Waals surface area contributed by atoms with Gasteiger partial charge >= 0.3 is 0 Å². The molecule has 2 fully saturated rings. The van der Waals surface area contributed by atoms with Gasteiger partial charge in [-0.05, 0) is 43.9 Å². The summed E-state index contributed by atoms with van der Waals surface area (Å²) in [6.45, 7) is 1.78. The molecule has 2 heterocycles. The molecule has 2 amide bonds. The SMILES string of the molecule is NC(=O)C1CCN(C(=O)c2ccc(Cl)c(S(=O)(=O)N3CCCC3)c2)CC1. The standard InChI is InChI=1S/C17H22ClN3O4S/c18-14-4-3-13(11-15(14)26(24,25)21-7-1-2-8-21)17(23)20-9-5-12(6-10-20)16(19)22/h3-4,11-12H,1-2,5-10H2,(H2,19,22). The van der Waals surface area contributed by atoms with Gasteiger partial charge in [0.25, 0.3) is 5.91 Å². The fourth-order valence-corrected chi connectivity index (χ4v) is 5.47. The lowest BCUT2D eigenvalue weighted by Gasteiger charge is -2.30. The Morgan fingerprint density at radius 3 is 2.27 bits per heavy atom. The van der Waals surface area contributed by atoms with E-state index in [1.54, 1.807) is 4.90 Å². The maximum Gasteiger partial charge on any atom is 0.253 e. The minimum atomic E-state index is -3.71. The maximum atomic E-state index is 12.8. The van der Waals surface area contributed by atoms with E-state index >= 15 is 0 Å². The molecule has 0 atom stereocenters. The average Bonchev–Trinajstić information content (AvgIpc) is 3.17. The molecule has 2 aliphatic heterocycles. The number of rotatable bonds is 4. The lowest BCUT2D eigenvalue weighted by atomic mass is 9.96. The lowest BCUT2D eigenvalue weighted by molar-refractivity contribution is -0.123. The van der Waals surface area contributed by atoms with E-state index < -0.39 is 10.0 Å². The fourth-order valence-electron chi connectivity index (χ4n) is 3.45. The average molecular weight is 400 g/mol. The number of likely N-dealkylation sites (tertiary alicyclic amines) is 1. The summed E-state index contributed by atoms with van der Waals surface area (Å²) in [6.07, 6.45) is 2.69. The first kappa shape index (κ1) is 19.1. The van der Waals surface area contributed by atoms with E-state index in [0.717, 1.165) is 12.8 Å². The molecule has 0 radical (unpaired) electrons. The van der Waals surface area contributed by atoms with Crippen molar-refractivity contribution in [2.24, 2.45) is 11.7 Å². The van der Waals surface area contributed by atoms with Gasteiger partial charge in [0, 0.05) is 37.7 Å². The van der Waals surface area contributed by atoms with Crippen molar-refractivity contribution >= 4 is 33.4 Å². The largest absolute Gasteiger partial charge is 0.369 e. The molecule has 26 heavy (non-hydrogen) atoms. The van der Waals surface area contributed by atoms with Crippen molar-refractivity contribution in [2.45, 2.75) is 30.6 Å². The van der Waals surface area contributed by atoms with Crippen molar-refractivity contribution in [1.82, 2.24) is 9.21 Å². The van der Waals surface area contributed by atoms with Crippen LogP contribution in [0.1, 0.15) is 36.0 Å². The van der Waals surface area contributed by atoms with E-state index in [-0.39, 0.29) is 33.2 Å². The van der Waals surface area contributed by atoms with Crippen molar-refractivity contribution in [3.63, 3.8) is 0 Å². The molecule has 0 aromatic heterocycles. The predicted molar refractivity (Wildman–Crippen MR) is 97.3 cm³/mol. The first-order valence-electron chi connectivity index (χ1n) is 8.69. The van der Waals surface area contributed by atoms with Crippen molar-refractivity contribution in [1.29, 1.82) is 0 Å². The van der Waals surface area contributed by atoms with E-state index in [9.17, 15) is 18.0 Å². The third-order valence-corrected chi connectivity index (χ3v) is 7.43. The van der Waals surface area contributed by atoms with Crippen molar-refractivity contribution in [2.75, 3.05) is 26.2 Å². The molecule has 0 saturated carbocycles. The molecule has 2 saturated heterocycles. The third kappa shape index (κ3) is 3.72. The van der Waals surface area contributed by atoms with Crippen LogP contribution in [0.4, 0.5) is 0 Å². The molecule has 0 spiro atoms. The number of hydrogen-bond acceptors (Lipinski definition) is 4. The van der Waals surface area contributed by atoms with Gasteiger partial charge in [0.15, 0.2) is 0 Å². The van der Waals surface area contributed by atoms with Gasteiger partial charge in [0.05, 0.1) is 5.02 Å². The maximum absolute atomic E-state index is 12.8. The van der Waals surface area contributed by atoms with Crippen molar-refractivity contribution in [3.05, 3.63) is 28.8 Å². The van der Waals surface area contributed by atoms with Gasteiger partial charge in [-0.15, -0.1) is 0 Å². The summed E-state index contributed by atoms with van der Waals surface area (Å²) in [4.78, 5) is 25.6. The molecule has 2 N–H and O–H groups in total. The molecule has 0 unspecified atom stereocenters. The molecular weight excluding hydrogens is 378 g/mol. The first-order valence-corrected chi connectivity index (χ1v) is 10.5. The number of primary amides is 1. The number of nitrogens with zero attached hydrogens (tertiary/aromatic N) is 2. The van der Waals surface area contributed by atoms with Crippen LogP contribution in [0.15, 0.2) is 23.1 Å². The number of nitrogens with two attached hydrogens (primary N) is 1. The van der Waals surface area contributed by atoms with E-state index in [0.29, 0.717) is 39.0 Å². The number of benzene rings is 1. The van der Waals surface area contributed by atoms with E-state index in [4.69, 9.17) is 17.3 Å². The highest BCUT2D eigenvalue weighted by molar-refractivity contribution is 7.89. The summed E-state index contributed by atoms with van der Waals surface area (Å²) in [6, 6.07) is 4.35. The molecule has 0 bridgehead atoms. The zero-order valence-electron chi connectivity index (χ0n) is 14.4. The smallest absolute Gasteiger partial charge is 0.253 e. The summed E-state index contributed by atoms with van der Waals surface area (Å²) >= 11 is 6.12. The Morgan fingerprint density at radius 1 is 1.08 bits per heavy atom. The van der Waals surface area contributed by atoms with Crippen LogP contribution >= 0.6 is 11.6 Å².